The minimum absolute atomic E-state index is 0.123. The molecule has 4 rings (SSSR count). The van der Waals surface area contributed by atoms with Crippen LogP contribution in [0.15, 0.2) is 72.8 Å². The van der Waals surface area contributed by atoms with E-state index in [-0.39, 0.29) is 5.28 Å². The molecule has 6 heteroatoms. The van der Waals surface area contributed by atoms with Gasteiger partial charge in [0.15, 0.2) is 11.6 Å². The van der Waals surface area contributed by atoms with Gasteiger partial charge in [0.1, 0.15) is 0 Å². The standard InChI is InChI=1S/C23H12ClN5/c24-23-28-21(18-4-2-1-3-5-18)27-22(29-23)19-8-6-17(7-9-19)20-11-15(13-25)10-16(12-20)14-26/h1-12H. The number of nitriles is 2. The van der Waals surface area contributed by atoms with Gasteiger partial charge in [-0.2, -0.15) is 20.5 Å². The largest absolute Gasteiger partial charge is 0.226 e. The van der Waals surface area contributed by atoms with Crippen molar-refractivity contribution in [1.29, 1.82) is 10.5 Å². The lowest BCUT2D eigenvalue weighted by atomic mass is 9.99. The van der Waals surface area contributed by atoms with Gasteiger partial charge in [0, 0.05) is 11.1 Å². The van der Waals surface area contributed by atoms with E-state index in [0.717, 1.165) is 22.3 Å². The van der Waals surface area contributed by atoms with Crippen LogP contribution in [-0.4, -0.2) is 15.0 Å². The van der Waals surface area contributed by atoms with Crippen molar-refractivity contribution < 1.29 is 0 Å². The maximum absolute atomic E-state index is 9.17. The maximum atomic E-state index is 9.17. The molecule has 0 spiro atoms. The molecule has 3 aromatic carbocycles. The fraction of sp³-hybridized carbons (Fsp3) is 0. The second-order valence-electron chi connectivity index (χ2n) is 6.22. The lowest BCUT2D eigenvalue weighted by Crippen LogP contribution is -1.97. The molecule has 29 heavy (non-hydrogen) atoms. The average Bonchev–Trinajstić information content (AvgIpc) is 2.79. The van der Waals surface area contributed by atoms with Crippen LogP contribution in [0.4, 0.5) is 0 Å². The molecule has 136 valence electrons. The Labute approximate surface area is 172 Å². The van der Waals surface area contributed by atoms with Gasteiger partial charge in [0.2, 0.25) is 5.28 Å². The highest BCUT2D eigenvalue weighted by Gasteiger charge is 2.10. The van der Waals surface area contributed by atoms with Crippen molar-refractivity contribution in [2.24, 2.45) is 0 Å². The Morgan fingerprint density at radius 2 is 1.10 bits per heavy atom. The molecular weight excluding hydrogens is 382 g/mol. The van der Waals surface area contributed by atoms with Gasteiger partial charge in [0.05, 0.1) is 23.3 Å². The minimum atomic E-state index is 0.123. The van der Waals surface area contributed by atoms with Crippen molar-refractivity contribution >= 4 is 11.6 Å². The fourth-order valence-corrected chi connectivity index (χ4v) is 3.09. The molecule has 0 aliphatic rings. The Morgan fingerprint density at radius 1 is 0.586 bits per heavy atom. The van der Waals surface area contributed by atoms with Crippen molar-refractivity contribution in [2.45, 2.75) is 0 Å². The quantitative estimate of drug-likeness (QED) is 0.473. The lowest BCUT2D eigenvalue weighted by molar-refractivity contribution is 1.07. The Hall–Kier alpha value is -4.06. The first-order valence-electron chi connectivity index (χ1n) is 8.69. The van der Waals surface area contributed by atoms with E-state index in [1.165, 1.54) is 0 Å². The maximum Gasteiger partial charge on any atom is 0.226 e. The molecule has 1 heterocycles. The van der Waals surface area contributed by atoms with Gasteiger partial charge in [-0.15, -0.1) is 0 Å². The van der Waals surface area contributed by atoms with Crippen molar-refractivity contribution in [2.75, 3.05) is 0 Å². The molecule has 0 atom stereocenters. The Kier molecular flexibility index (Phi) is 4.99. The van der Waals surface area contributed by atoms with Crippen LogP contribution in [0.2, 0.25) is 5.28 Å². The molecule has 0 aliphatic carbocycles. The highest BCUT2D eigenvalue weighted by molar-refractivity contribution is 6.28. The predicted molar refractivity (Wildman–Crippen MR) is 111 cm³/mol. The van der Waals surface area contributed by atoms with Crippen LogP contribution in [0.25, 0.3) is 33.9 Å². The average molecular weight is 394 g/mol. The second-order valence-corrected chi connectivity index (χ2v) is 6.56. The van der Waals surface area contributed by atoms with E-state index >= 15 is 0 Å². The number of nitrogens with zero attached hydrogens (tertiary/aromatic N) is 5. The number of rotatable bonds is 3. The number of hydrogen-bond donors (Lipinski definition) is 0. The van der Waals surface area contributed by atoms with E-state index in [9.17, 15) is 10.5 Å². The molecule has 0 unspecified atom stereocenters. The summed E-state index contributed by atoms with van der Waals surface area (Å²) in [6.45, 7) is 0. The normalized spacial score (nSPS) is 10.2. The fourth-order valence-electron chi connectivity index (χ4n) is 2.93. The van der Waals surface area contributed by atoms with Gasteiger partial charge < -0.3 is 0 Å². The summed E-state index contributed by atoms with van der Waals surface area (Å²) in [5, 5.41) is 18.5. The third kappa shape index (κ3) is 3.96. The van der Waals surface area contributed by atoms with Crippen LogP contribution in [0, 0.1) is 22.7 Å². The first-order valence-corrected chi connectivity index (χ1v) is 9.07. The molecule has 0 saturated heterocycles. The smallest absolute Gasteiger partial charge is 0.208 e. The summed E-state index contributed by atoms with van der Waals surface area (Å²) in [4.78, 5) is 13.0. The number of hydrogen-bond acceptors (Lipinski definition) is 5. The summed E-state index contributed by atoms with van der Waals surface area (Å²) in [6.07, 6.45) is 0. The van der Waals surface area contributed by atoms with Gasteiger partial charge >= 0.3 is 0 Å². The molecule has 5 nitrogen and oxygen atoms in total. The number of benzene rings is 3. The van der Waals surface area contributed by atoms with Gasteiger partial charge in [-0.05, 0) is 40.9 Å². The van der Waals surface area contributed by atoms with Crippen molar-refractivity contribution in [3.8, 4) is 46.0 Å². The van der Waals surface area contributed by atoms with Crippen molar-refractivity contribution in [3.05, 3.63) is 89.2 Å². The number of halogens is 1. The topological polar surface area (TPSA) is 86.2 Å². The monoisotopic (exact) mass is 393 g/mol. The van der Waals surface area contributed by atoms with Gasteiger partial charge in [-0.1, -0.05) is 54.6 Å². The SMILES string of the molecule is N#Cc1cc(C#N)cc(-c2ccc(-c3nc(Cl)nc(-c4ccccc4)n3)cc2)c1. The molecule has 0 amide bonds. The Bertz CT molecular complexity index is 1240. The summed E-state index contributed by atoms with van der Waals surface area (Å²) < 4.78 is 0. The third-order valence-corrected chi connectivity index (χ3v) is 4.48. The van der Waals surface area contributed by atoms with E-state index in [1.807, 2.05) is 54.6 Å². The van der Waals surface area contributed by atoms with Crippen LogP contribution in [0.3, 0.4) is 0 Å². The molecule has 0 aliphatic heterocycles. The van der Waals surface area contributed by atoms with Crippen LogP contribution in [-0.2, 0) is 0 Å². The van der Waals surface area contributed by atoms with Crippen LogP contribution >= 0.6 is 11.6 Å². The third-order valence-electron chi connectivity index (χ3n) is 4.31. The molecule has 4 aromatic rings. The molecule has 0 radical (unpaired) electrons. The Balaban J connectivity index is 1.72. The molecule has 0 fully saturated rings. The summed E-state index contributed by atoms with van der Waals surface area (Å²) in [7, 11) is 0. The van der Waals surface area contributed by atoms with Crippen LogP contribution in [0.5, 0.6) is 0 Å². The molecule has 0 bridgehead atoms. The summed E-state index contributed by atoms with van der Waals surface area (Å²) in [5.41, 5.74) is 4.20. The first-order chi connectivity index (χ1) is 14.2. The highest BCUT2D eigenvalue weighted by Crippen LogP contribution is 2.26. The van der Waals surface area contributed by atoms with E-state index in [0.29, 0.717) is 22.8 Å². The zero-order valence-corrected chi connectivity index (χ0v) is 15.8. The Morgan fingerprint density at radius 3 is 1.66 bits per heavy atom. The number of aromatic nitrogens is 3. The van der Waals surface area contributed by atoms with Crippen LogP contribution in [0.1, 0.15) is 11.1 Å². The van der Waals surface area contributed by atoms with Crippen LogP contribution < -0.4 is 0 Å². The summed E-state index contributed by atoms with van der Waals surface area (Å²) in [6, 6.07) is 26.3. The predicted octanol–water partition coefficient (Wildman–Crippen LogP) is 5.27. The summed E-state index contributed by atoms with van der Waals surface area (Å²) in [5.74, 6) is 0.976. The van der Waals surface area contributed by atoms with Gasteiger partial charge in [0.25, 0.3) is 0 Å². The van der Waals surface area contributed by atoms with E-state index in [4.69, 9.17) is 11.6 Å². The van der Waals surface area contributed by atoms with E-state index < -0.39 is 0 Å². The van der Waals surface area contributed by atoms with E-state index in [2.05, 4.69) is 27.1 Å². The summed E-state index contributed by atoms with van der Waals surface area (Å²) >= 11 is 6.12. The second kappa shape index (κ2) is 7.90. The lowest BCUT2D eigenvalue weighted by Gasteiger charge is -2.07. The zero-order chi connectivity index (χ0) is 20.2. The van der Waals surface area contributed by atoms with Crippen molar-refractivity contribution in [3.63, 3.8) is 0 Å². The molecule has 0 N–H and O–H groups in total. The van der Waals surface area contributed by atoms with Gasteiger partial charge in [-0.3, -0.25) is 0 Å². The van der Waals surface area contributed by atoms with Gasteiger partial charge in [-0.25, -0.2) is 4.98 Å². The highest BCUT2D eigenvalue weighted by atomic mass is 35.5. The molecular formula is C23H12ClN5. The first kappa shape index (κ1) is 18.3. The minimum Gasteiger partial charge on any atom is -0.208 e. The van der Waals surface area contributed by atoms with E-state index in [1.54, 1.807) is 18.2 Å². The zero-order valence-electron chi connectivity index (χ0n) is 15.0. The molecule has 0 saturated carbocycles. The molecule has 1 aromatic heterocycles. The van der Waals surface area contributed by atoms with Crippen molar-refractivity contribution in [1.82, 2.24) is 15.0 Å².